The van der Waals surface area contributed by atoms with Crippen molar-refractivity contribution in [1.29, 1.82) is 0 Å². The van der Waals surface area contributed by atoms with E-state index in [1.54, 1.807) is 0 Å². The zero-order valence-corrected chi connectivity index (χ0v) is 33.7. The average Bonchev–Trinajstić information content (AvgIpc) is 3.86. The van der Waals surface area contributed by atoms with Crippen LogP contribution in [0.2, 0.25) is 0 Å². The average molecular weight is 730 g/mol. The summed E-state index contributed by atoms with van der Waals surface area (Å²) in [6.45, 7) is 11.6. The minimum Gasteiger partial charge on any atom is -0.416 e. The predicted octanol–water partition coefficient (Wildman–Crippen LogP) is 15.1. The fourth-order valence-electron chi connectivity index (χ4n) is 8.35. The number of fused-ring (bicyclic) bond motifs is 3. The molecule has 3 unspecified atom stereocenters. The molecule has 0 radical (unpaired) electrons. The summed E-state index contributed by atoms with van der Waals surface area (Å²) in [5.41, 5.74) is 11.2. The third-order valence-corrected chi connectivity index (χ3v) is 12.1. The first-order valence-electron chi connectivity index (χ1n) is 21.1. The number of unbranched alkanes of at least 4 members (excludes halogenated alkanes) is 5. The van der Waals surface area contributed by atoms with E-state index in [9.17, 15) is 0 Å². The van der Waals surface area contributed by atoms with Crippen LogP contribution in [0.1, 0.15) is 133 Å². The molecule has 0 saturated carbocycles. The van der Waals surface area contributed by atoms with Crippen molar-refractivity contribution in [2.45, 2.75) is 123 Å². The van der Waals surface area contributed by atoms with Crippen LogP contribution >= 0.6 is 0 Å². The van der Waals surface area contributed by atoms with Gasteiger partial charge in [0.1, 0.15) is 0 Å². The number of rotatable bonds is 18. The first-order valence-corrected chi connectivity index (χ1v) is 21.1. The molecule has 2 aromatic heterocycles. The number of para-hydroxylation sites is 1. The van der Waals surface area contributed by atoms with E-state index in [4.69, 9.17) is 4.42 Å². The maximum absolute atomic E-state index is 6.13. The van der Waals surface area contributed by atoms with Gasteiger partial charge in [-0.3, -0.25) is 0 Å². The Hall–Kier alpha value is -4.96. The maximum Gasteiger partial charge on any atom is 0.248 e. The molecule has 3 atom stereocenters. The lowest BCUT2D eigenvalue weighted by Gasteiger charge is -2.21. The molecule has 0 spiro atoms. The summed E-state index contributed by atoms with van der Waals surface area (Å²) >= 11 is 0. The van der Waals surface area contributed by atoms with Crippen molar-refractivity contribution >= 4 is 21.8 Å². The lowest BCUT2D eigenvalue weighted by Crippen LogP contribution is -2.07. The minimum absolute atomic E-state index is 0.402. The summed E-state index contributed by atoms with van der Waals surface area (Å²) in [6.07, 6.45) is 13.6. The number of hydrogen-bond acceptors (Lipinski definition) is 3. The van der Waals surface area contributed by atoms with E-state index >= 15 is 0 Å². The number of benzene rings is 5. The largest absolute Gasteiger partial charge is 0.416 e. The summed E-state index contributed by atoms with van der Waals surface area (Å²) in [5.74, 6) is 2.20. The second kappa shape index (κ2) is 18.1. The number of aryl methyl sites for hydroxylation is 1. The third-order valence-electron chi connectivity index (χ3n) is 12.1. The van der Waals surface area contributed by atoms with Gasteiger partial charge in [-0.1, -0.05) is 133 Å². The molecule has 0 N–H and O–H groups in total. The highest BCUT2D eigenvalue weighted by atomic mass is 16.4. The molecule has 55 heavy (non-hydrogen) atoms. The molecule has 0 fully saturated rings. The van der Waals surface area contributed by atoms with E-state index in [-0.39, 0.29) is 0 Å². The van der Waals surface area contributed by atoms with E-state index in [1.165, 1.54) is 88.1 Å². The third kappa shape index (κ3) is 8.80. The number of aromatic nitrogens is 3. The summed E-state index contributed by atoms with van der Waals surface area (Å²) in [6, 6.07) is 42.8. The second-order valence-corrected chi connectivity index (χ2v) is 15.8. The Labute approximate surface area is 329 Å². The monoisotopic (exact) mass is 729 g/mol. The predicted molar refractivity (Wildman–Crippen MR) is 233 cm³/mol. The molecule has 7 rings (SSSR count). The molecule has 4 heteroatoms. The van der Waals surface area contributed by atoms with Crippen LogP contribution < -0.4 is 0 Å². The van der Waals surface area contributed by atoms with E-state index in [0.29, 0.717) is 29.7 Å². The van der Waals surface area contributed by atoms with Crippen molar-refractivity contribution in [2.75, 3.05) is 0 Å². The highest BCUT2D eigenvalue weighted by molar-refractivity contribution is 6.08. The molecule has 0 aliphatic heterocycles. The van der Waals surface area contributed by atoms with Crippen LogP contribution in [0.4, 0.5) is 0 Å². The van der Waals surface area contributed by atoms with Gasteiger partial charge in [-0.2, -0.15) is 0 Å². The molecule has 284 valence electrons. The Morgan fingerprint density at radius 2 is 1.13 bits per heavy atom. The Balaban J connectivity index is 0.969. The van der Waals surface area contributed by atoms with Crippen LogP contribution in [0, 0.1) is 0 Å². The summed E-state index contributed by atoms with van der Waals surface area (Å²) in [4.78, 5) is 0. The van der Waals surface area contributed by atoms with Crippen molar-refractivity contribution in [1.82, 2.24) is 14.8 Å². The topological polar surface area (TPSA) is 43.9 Å². The first-order chi connectivity index (χ1) is 27.0. The molecule has 7 aromatic rings. The lowest BCUT2D eigenvalue weighted by molar-refractivity contribution is 0.468. The summed E-state index contributed by atoms with van der Waals surface area (Å²) < 4.78 is 8.72. The van der Waals surface area contributed by atoms with Gasteiger partial charge < -0.3 is 8.98 Å². The van der Waals surface area contributed by atoms with Crippen LogP contribution in [0.15, 0.2) is 120 Å². The van der Waals surface area contributed by atoms with Gasteiger partial charge >= 0.3 is 0 Å². The van der Waals surface area contributed by atoms with Gasteiger partial charge in [0.05, 0.1) is 0 Å². The van der Waals surface area contributed by atoms with E-state index in [2.05, 4.69) is 165 Å². The lowest BCUT2D eigenvalue weighted by atomic mass is 9.89. The van der Waals surface area contributed by atoms with Crippen molar-refractivity contribution in [2.24, 2.45) is 0 Å². The molecule has 0 amide bonds. The molecule has 0 aliphatic carbocycles. The Morgan fingerprint density at radius 1 is 0.545 bits per heavy atom. The second-order valence-electron chi connectivity index (χ2n) is 15.8. The summed E-state index contributed by atoms with van der Waals surface area (Å²) in [5, 5.41) is 11.5. The van der Waals surface area contributed by atoms with Gasteiger partial charge in [0, 0.05) is 39.0 Å². The van der Waals surface area contributed by atoms with Crippen LogP contribution in [-0.4, -0.2) is 14.8 Å². The molecular weight excluding hydrogens is 671 g/mol. The molecule has 5 aromatic carbocycles. The Morgan fingerprint density at radius 3 is 1.80 bits per heavy atom. The Bertz CT molecular complexity index is 2260. The number of nitrogens with zero attached hydrogens (tertiary/aromatic N) is 3. The van der Waals surface area contributed by atoms with Gasteiger partial charge in [-0.15, -0.1) is 10.2 Å². The zero-order valence-electron chi connectivity index (χ0n) is 33.7. The normalized spacial score (nSPS) is 13.4. The van der Waals surface area contributed by atoms with E-state index < -0.39 is 0 Å². The van der Waals surface area contributed by atoms with Crippen molar-refractivity contribution < 1.29 is 4.42 Å². The standard InChI is InChI=1S/C51H59N3O/c1-6-9-10-11-12-13-16-38-20-23-43(24-21-38)50-52-53-51(55-50)44-31-29-42(30-32-44)41-27-25-40(26-28-41)39(8-3)22-19-37(5)54-48-18-15-14-17-46(48)47-35-45(36(4)7-2)33-34-49(47)54/h14-15,17-18,20-21,23-37,39H,6-13,16,19,22H2,1-5H3. The van der Waals surface area contributed by atoms with Gasteiger partial charge in [0.2, 0.25) is 11.8 Å². The minimum atomic E-state index is 0.402. The highest BCUT2D eigenvalue weighted by Gasteiger charge is 2.19. The highest BCUT2D eigenvalue weighted by Crippen LogP contribution is 2.37. The fourth-order valence-corrected chi connectivity index (χ4v) is 8.35. The van der Waals surface area contributed by atoms with Crippen molar-refractivity contribution in [3.05, 3.63) is 132 Å². The van der Waals surface area contributed by atoms with Gasteiger partial charge in [0.15, 0.2) is 0 Å². The van der Waals surface area contributed by atoms with Crippen LogP contribution in [0.5, 0.6) is 0 Å². The molecule has 0 aliphatic rings. The maximum atomic E-state index is 6.13. The zero-order chi connectivity index (χ0) is 38.1. The fraction of sp³-hybridized carbons (Fsp3) is 0.373. The molecule has 2 heterocycles. The van der Waals surface area contributed by atoms with Crippen LogP contribution in [-0.2, 0) is 6.42 Å². The van der Waals surface area contributed by atoms with Crippen LogP contribution in [0.3, 0.4) is 0 Å². The smallest absolute Gasteiger partial charge is 0.248 e. The Kier molecular flexibility index (Phi) is 12.6. The summed E-state index contributed by atoms with van der Waals surface area (Å²) in [7, 11) is 0. The van der Waals surface area contributed by atoms with Crippen LogP contribution in [0.25, 0.3) is 55.8 Å². The van der Waals surface area contributed by atoms with Gasteiger partial charge in [-0.05, 0) is 128 Å². The molecular formula is C51H59N3O. The van der Waals surface area contributed by atoms with Crippen molar-refractivity contribution in [3.8, 4) is 34.0 Å². The van der Waals surface area contributed by atoms with Crippen molar-refractivity contribution in [3.63, 3.8) is 0 Å². The quantitative estimate of drug-likeness (QED) is 0.0826. The van der Waals surface area contributed by atoms with Gasteiger partial charge in [0.25, 0.3) is 0 Å². The SMILES string of the molecule is CCCCCCCCc1ccc(-c2nnc(-c3ccc(-c4ccc(C(CC)CCC(C)n5c6ccccc6c6cc(C(C)CC)ccc65)cc4)cc3)o2)cc1. The number of hydrogen-bond donors (Lipinski definition) is 0. The molecule has 0 bridgehead atoms. The van der Waals surface area contributed by atoms with E-state index in [0.717, 1.165) is 43.2 Å². The molecule has 4 nitrogen and oxygen atoms in total. The van der Waals surface area contributed by atoms with Gasteiger partial charge in [-0.25, -0.2) is 0 Å². The molecule has 0 saturated heterocycles. The van der Waals surface area contributed by atoms with E-state index in [1.807, 2.05) is 0 Å². The first kappa shape index (κ1) is 38.3.